The monoisotopic (exact) mass is 143 g/mol. The van der Waals surface area contributed by atoms with Gasteiger partial charge in [0.1, 0.15) is 0 Å². The minimum atomic E-state index is 0.154. The summed E-state index contributed by atoms with van der Waals surface area (Å²) in [6, 6.07) is 2.18. The molecule has 0 spiro atoms. The maximum absolute atomic E-state index is 8.37. The van der Waals surface area contributed by atoms with Crippen LogP contribution in [0.4, 0.5) is 0 Å². The fourth-order valence-corrected chi connectivity index (χ4v) is 2.26. The Hall–Kier alpha value is -0.0700. The molecule has 42 valence electrons. The maximum atomic E-state index is 8.37. The Morgan fingerprint density at radius 3 is 3.00 bits per heavy atom. The van der Waals surface area contributed by atoms with E-state index in [-0.39, 0.29) is 5.92 Å². The van der Waals surface area contributed by atoms with Crippen LogP contribution in [-0.2, 0) is 0 Å². The molecule has 1 unspecified atom stereocenters. The van der Waals surface area contributed by atoms with Gasteiger partial charge in [0, 0.05) is 5.75 Å². The first-order chi connectivity index (χ1) is 3.93. The van der Waals surface area contributed by atoms with Gasteiger partial charge in [-0.05, 0) is 5.41 Å². The van der Waals surface area contributed by atoms with Crippen molar-refractivity contribution in [3.63, 3.8) is 0 Å². The lowest BCUT2D eigenvalue weighted by Gasteiger charge is -2.04. The number of hydrogen-bond acceptors (Lipinski definition) is 3. The van der Waals surface area contributed by atoms with E-state index in [1.807, 2.05) is 11.5 Å². The summed E-state index contributed by atoms with van der Waals surface area (Å²) in [5.74, 6) is 1.10. The van der Waals surface area contributed by atoms with Gasteiger partial charge in [-0.2, -0.15) is 5.26 Å². The number of nitriles is 1. The second kappa shape index (κ2) is 3.06. The van der Waals surface area contributed by atoms with Crippen LogP contribution in [0.25, 0.3) is 0 Å². The van der Waals surface area contributed by atoms with Crippen LogP contribution < -0.4 is 0 Å². The van der Waals surface area contributed by atoms with E-state index >= 15 is 0 Å². The predicted octanol–water partition coefficient (Wildman–Crippen LogP) is 2.03. The van der Waals surface area contributed by atoms with Crippen molar-refractivity contribution in [2.24, 2.45) is 5.92 Å². The predicted molar refractivity (Wildman–Crippen MR) is 38.3 cm³/mol. The molecule has 0 aliphatic carbocycles. The van der Waals surface area contributed by atoms with Gasteiger partial charge in [0.2, 0.25) is 0 Å². The van der Waals surface area contributed by atoms with Gasteiger partial charge in [0.25, 0.3) is 0 Å². The molecule has 0 amide bonds. The second-order valence-corrected chi connectivity index (χ2v) is 3.76. The summed E-state index contributed by atoms with van der Waals surface area (Å²) in [5, 5.41) is 10.3. The van der Waals surface area contributed by atoms with E-state index in [4.69, 9.17) is 5.26 Å². The molecule has 0 aromatic carbocycles. The lowest BCUT2D eigenvalue weighted by atomic mass is 10.2. The molecular weight excluding hydrogens is 138 g/mol. The van der Waals surface area contributed by atoms with Gasteiger partial charge < -0.3 is 0 Å². The number of nitrogens with zero attached hydrogens (tertiary/aromatic N) is 1. The molecule has 0 fully saturated rings. The number of hydrogen-bond donors (Lipinski definition) is 0. The van der Waals surface area contributed by atoms with E-state index in [0.29, 0.717) is 0 Å². The highest BCUT2D eigenvalue weighted by Gasteiger charge is 2.05. The molecule has 3 heteroatoms. The quantitative estimate of drug-likeness (QED) is 0.485. The van der Waals surface area contributed by atoms with Crippen LogP contribution in [0.5, 0.6) is 0 Å². The molecule has 1 heterocycles. The molecule has 0 saturated carbocycles. The third-order valence-electron chi connectivity index (χ3n) is 0.848. The van der Waals surface area contributed by atoms with Gasteiger partial charge in [0.15, 0.2) is 0 Å². The van der Waals surface area contributed by atoms with Gasteiger partial charge in [-0.15, -0.1) is 0 Å². The summed E-state index contributed by atoms with van der Waals surface area (Å²) >= 11 is 0. The van der Waals surface area contributed by atoms with Gasteiger partial charge in [0.05, 0.1) is 12.0 Å². The van der Waals surface area contributed by atoms with E-state index in [1.54, 1.807) is 21.6 Å². The zero-order valence-corrected chi connectivity index (χ0v) is 5.84. The lowest BCUT2D eigenvalue weighted by Crippen LogP contribution is -1.96. The summed E-state index contributed by atoms with van der Waals surface area (Å²) in [7, 11) is 3.43. The van der Waals surface area contributed by atoms with Gasteiger partial charge in [-0.1, -0.05) is 27.7 Å². The van der Waals surface area contributed by atoms with Crippen molar-refractivity contribution < 1.29 is 0 Å². The van der Waals surface area contributed by atoms with Crippen LogP contribution >= 0.6 is 21.6 Å². The smallest absolute Gasteiger partial charge is 0.0750 e. The summed E-state index contributed by atoms with van der Waals surface area (Å²) in [4.78, 5) is 0. The first-order valence-corrected chi connectivity index (χ1v) is 4.66. The van der Waals surface area contributed by atoms with Crippen molar-refractivity contribution in [3.05, 3.63) is 11.5 Å². The SMILES string of the molecule is N#CC1C=CSSC1. The van der Waals surface area contributed by atoms with Crippen LogP contribution in [0.3, 0.4) is 0 Å². The minimum Gasteiger partial charge on any atom is -0.198 e. The van der Waals surface area contributed by atoms with E-state index < -0.39 is 0 Å². The molecule has 0 aromatic rings. The van der Waals surface area contributed by atoms with Crippen LogP contribution in [0.15, 0.2) is 11.5 Å². The Morgan fingerprint density at radius 1 is 1.75 bits per heavy atom. The highest BCUT2D eigenvalue weighted by Crippen LogP contribution is 2.30. The average molecular weight is 143 g/mol. The van der Waals surface area contributed by atoms with Crippen molar-refractivity contribution in [1.82, 2.24) is 0 Å². The van der Waals surface area contributed by atoms with Gasteiger partial charge in [-0.3, -0.25) is 0 Å². The van der Waals surface area contributed by atoms with Crippen LogP contribution in [0.1, 0.15) is 0 Å². The molecule has 0 saturated heterocycles. The van der Waals surface area contributed by atoms with Gasteiger partial charge >= 0.3 is 0 Å². The van der Waals surface area contributed by atoms with E-state index in [2.05, 4.69) is 6.07 Å². The third-order valence-corrected chi connectivity index (χ3v) is 2.90. The Kier molecular flexibility index (Phi) is 2.31. The Labute approximate surface area is 56.5 Å². The molecule has 0 aromatic heterocycles. The van der Waals surface area contributed by atoms with Crippen molar-refractivity contribution in [3.8, 4) is 6.07 Å². The second-order valence-electron chi connectivity index (χ2n) is 1.44. The van der Waals surface area contributed by atoms with E-state index in [9.17, 15) is 0 Å². The largest absolute Gasteiger partial charge is 0.198 e. The molecule has 1 rings (SSSR count). The highest BCUT2D eigenvalue weighted by atomic mass is 33.1. The molecule has 1 atom stereocenters. The average Bonchev–Trinajstić information content (AvgIpc) is 1.90. The van der Waals surface area contributed by atoms with Crippen LogP contribution in [0.2, 0.25) is 0 Å². The molecule has 1 aliphatic heterocycles. The molecule has 0 N–H and O–H groups in total. The van der Waals surface area contributed by atoms with E-state index in [1.165, 1.54) is 0 Å². The zero-order chi connectivity index (χ0) is 5.82. The molecule has 0 radical (unpaired) electrons. The Balaban J connectivity index is 2.46. The van der Waals surface area contributed by atoms with E-state index in [0.717, 1.165) is 5.75 Å². The summed E-state index contributed by atoms with van der Waals surface area (Å²) in [5.41, 5.74) is 0. The van der Waals surface area contributed by atoms with Crippen molar-refractivity contribution in [2.75, 3.05) is 5.75 Å². The fraction of sp³-hybridized carbons (Fsp3) is 0.400. The highest BCUT2D eigenvalue weighted by molar-refractivity contribution is 8.77. The maximum Gasteiger partial charge on any atom is 0.0750 e. The molecule has 1 aliphatic rings. The fourth-order valence-electron chi connectivity index (χ4n) is 0.415. The summed E-state index contributed by atoms with van der Waals surface area (Å²) in [6.07, 6.45) is 1.95. The first kappa shape index (κ1) is 6.06. The Bertz CT molecular complexity index is 136. The number of allylic oxidation sites excluding steroid dienone is 1. The van der Waals surface area contributed by atoms with Crippen molar-refractivity contribution >= 4 is 21.6 Å². The van der Waals surface area contributed by atoms with Crippen LogP contribution in [-0.4, -0.2) is 5.75 Å². The number of rotatable bonds is 0. The van der Waals surface area contributed by atoms with Crippen molar-refractivity contribution in [2.45, 2.75) is 0 Å². The Morgan fingerprint density at radius 2 is 2.62 bits per heavy atom. The lowest BCUT2D eigenvalue weighted by molar-refractivity contribution is 0.978. The minimum absolute atomic E-state index is 0.154. The molecule has 1 nitrogen and oxygen atoms in total. The molecule has 0 bridgehead atoms. The molecule has 8 heavy (non-hydrogen) atoms. The van der Waals surface area contributed by atoms with Gasteiger partial charge in [-0.25, -0.2) is 0 Å². The first-order valence-electron chi connectivity index (χ1n) is 2.28. The zero-order valence-electron chi connectivity index (χ0n) is 4.20. The van der Waals surface area contributed by atoms with Crippen molar-refractivity contribution in [1.29, 1.82) is 5.26 Å². The summed E-state index contributed by atoms with van der Waals surface area (Å²) < 4.78 is 0. The molecular formula is C5H5NS2. The normalized spacial score (nSPS) is 27.1. The van der Waals surface area contributed by atoms with Crippen LogP contribution in [0, 0.1) is 17.2 Å². The third kappa shape index (κ3) is 1.46. The standard InChI is InChI=1S/C5H5NS2/c6-3-5-1-2-7-8-4-5/h1-2,5H,4H2. The summed E-state index contributed by atoms with van der Waals surface area (Å²) in [6.45, 7) is 0. The topological polar surface area (TPSA) is 23.8 Å².